The van der Waals surface area contributed by atoms with Gasteiger partial charge in [-0.2, -0.15) is 0 Å². The van der Waals surface area contributed by atoms with E-state index in [9.17, 15) is 19.5 Å². The van der Waals surface area contributed by atoms with E-state index in [4.69, 9.17) is 4.74 Å². The lowest BCUT2D eigenvalue weighted by molar-refractivity contribution is -0.145. The van der Waals surface area contributed by atoms with E-state index in [0.29, 0.717) is 18.8 Å². The number of ether oxygens (including phenoxy) is 1. The maximum Gasteiger partial charge on any atom is 0.306 e. The Morgan fingerprint density at radius 2 is 1.76 bits per heavy atom. The molecule has 2 fully saturated rings. The summed E-state index contributed by atoms with van der Waals surface area (Å²) in [6.07, 6.45) is 14.7. The molecule has 2 aliphatic carbocycles. The van der Waals surface area contributed by atoms with E-state index in [0.717, 1.165) is 44.9 Å². The van der Waals surface area contributed by atoms with Crippen molar-refractivity contribution in [3.63, 3.8) is 0 Å². The average molecular weight is 477 g/mol. The van der Waals surface area contributed by atoms with Crippen LogP contribution in [-0.4, -0.2) is 47.7 Å². The normalized spacial score (nSPS) is 19.6. The lowest BCUT2D eigenvalue weighted by Crippen LogP contribution is -2.50. The fourth-order valence-corrected chi connectivity index (χ4v) is 5.23. The lowest BCUT2D eigenvalue weighted by Gasteiger charge is -2.30. The molecule has 0 aromatic carbocycles. The molecule has 3 N–H and O–H groups in total. The summed E-state index contributed by atoms with van der Waals surface area (Å²) in [5, 5.41) is 15.8. The highest BCUT2D eigenvalue weighted by Crippen LogP contribution is 2.30. The van der Waals surface area contributed by atoms with Gasteiger partial charge < -0.3 is 20.5 Å². The van der Waals surface area contributed by atoms with Crippen molar-refractivity contribution in [3.05, 3.63) is 25.3 Å². The topological polar surface area (TPSA) is 105 Å². The van der Waals surface area contributed by atoms with Gasteiger partial charge in [0.2, 0.25) is 11.8 Å². The van der Waals surface area contributed by atoms with Crippen molar-refractivity contribution in [2.24, 2.45) is 11.8 Å². The zero-order valence-corrected chi connectivity index (χ0v) is 20.7. The molecule has 2 amide bonds. The first-order valence-electron chi connectivity index (χ1n) is 13.0. The molecule has 0 radical (unpaired) electrons. The SMILES string of the molecule is C=CCCC(=O)OCC(CC1CCCCC1)NC(=O)C(CC=C)CC(=O)NC1(CO)CCCC1. The van der Waals surface area contributed by atoms with Gasteiger partial charge in [-0.05, 0) is 38.0 Å². The van der Waals surface area contributed by atoms with E-state index in [1.54, 1.807) is 12.2 Å². The van der Waals surface area contributed by atoms with Crippen LogP contribution < -0.4 is 10.6 Å². The second-order valence-corrected chi connectivity index (χ2v) is 10.1. The highest BCUT2D eigenvalue weighted by Gasteiger charge is 2.35. The Morgan fingerprint density at radius 1 is 1.06 bits per heavy atom. The van der Waals surface area contributed by atoms with Crippen LogP contribution in [0.25, 0.3) is 0 Å². The molecule has 0 aromatic rings. The second kappa shape index (κ2) is 15.0. The van der Waals surface area contributed by atoms with Crippen LogP contribution in [0.15, 0.2) is 25.3 Å². The zero-order valence-electron chi connectivity index (χ0n) is 20.7. The predicted octanol–water partition coefficient (Wildman–Crippen LogP) is 3.95. The molecule has 0 aliphatic heterocycles. The molecule has 0 spiro atoms. The zero-order chi connectivity index (χ0) is 24.8. The monoisotopic (exact) mass is 476 g/mol. The summed E-state index contributed by atoms with van der Waals surface area (Å²) < 4.78 is 5.46. The molecule has 0 saturated heterocycles. The molecule has 192 valence electrons. The van der Waals surface area contributed by atoms with E-state index in [1.165, 1.54) is 19.3 Å². The molecule has 7 heteroatoms. The third-order valence-corrected chi connectivity index (χ3v) is 7.21. The quantitative estimate of drug-likeness (QED) is 0.245. The van der Waals surface area contributed by atoms with Gasteiger partial charge in [-0.1, -0.05) is 57.1 Å². The fourth-order valence-electron chi connectivity index (χ4n) is 5.23. The average Bonchev–Trinajstić information content (AvgIpc) is 3.30. The maximum absolute atomic E-state index is 13.2. The Bertz CT molecular complexity index is 681. The number of nitrogens with one attached hydrogen (secondary N) is 2. The predicted molar refractivity (Wildman–Crippen MR) is 133 cm³/mol. The number of hydrogen-bond acceptors (Lipinski definition) is 5. The van der Waals surface area contributed by atoms with Gasteiger partial charge in [-0.25, -0.2) is 0 Å². The Hall–Kier alpha value is -2.15. The summed E-state index contributed by atoms with van der Waals surface area (Å²) in [6, 6.07) is -0.280. The third-order valence-electron chi connectivity index (χ3n) is 7.21. The first-order valence-corrected chi connectivity index (χ1v) is 13.0. The molecule has 7 nitrogen and oxygen atoms in total. The lowest BCUT2D eigenvalue weighted by atomic mass is 9.84. The van der Waals surface area contributed by atoms with Gasteiger partial charge in [-0.15, -0.1) is 13.2 Å². The molecular weight excluding hydrogens is 432 g/mol. The molecule has 2 rings (SSSR count). The van der Waals surface area contributed by atoms with Crippen LogP contribution in [0.3, 0.4) is 0 Å². The largest absolute Gasteiger partial charge is 0.463 e. The number of carbonyl (C=O) groups is 3. The van der Waals surface area contributed by atoms with Gasteiger partial charge in [0, 0.05) is 12.8 Å². The minimum atomic E-state index is -0.560. The minimum Gasteiger partial charge on any atom is -0.463 e. The van der Waals surface area contributed by atoms with E-state index in [1.807, 2.05) is 0 Å². The van der Waals surface area contributed by atoms with Crippen LogP contribution in [0, 0.1) is 11.8 Å². The molecule has 2 aliphatic rings. The number of esters is 1. The third kappa shape index (κ3) is 9.61. The van der Waals surface area contributed by atoms with Crippen molar-refractivity contribution in [3.8, 4) is 0 Å². The fraction of sp³-hybridized carbons (Fsp3) is 0.741. The van der Waals surface area contributed by atoms with Crippen molar-refractivity contribution in [1.29, 1.82) is 0 Å². The number of aliphatic hydroxyl groups is 1. The summed E-state index contributed by atoms with van der Waals surface area (Å²) in [7, 11) is 0. The summed E-state index contributed by atoms with van der Waals surface area (Å²) >= 11 is 0. The number of aliphatic hydroxyl groups excluding tert-OH is 1. The molecule has 34 heavy (non-hydrogen) atoms. The molecule has 2 unspecified atom stereocenters. The van der Waals surface area contributed by atoms with Crippen LogP contribution in [0.2, 0.25) is 0 Å². The smallest absolute Gasteiger partial charge is 0.306 e. The summed E-state index contributed by atoms with van der Waals surface area (Å²) in [5.41, 5.74) is -0.560. The van der Waals surface area contributed by atoms with Crippen molar-refractivity contribution in [2.45, 2.75) is 101 Å². The first kappa shape index (κ1) is 28.1. The summed E-state index contributed by atoms with van der Waals surface area (Å²) in [4.78, 5) is 38.0. The Balaban J connectivity index is 1.97. The van der Waals surface area contributed by atoms with E-state index in [2.05, 4.69) is 23.8 Å². The summed E-state index contributed by atoms with van der Waals surface area (Å²) in [6.45, 7) is 7.43. The van der Waals surface area contributed by atoms with Crippen LogP contribution in [0.5, 0.6) is 0 Å². The number of rotatable bonds is 15. The van der Waals surface area contributed by atoms with Gasteiger partial charge in [0.15, 0.2) is 0 Å². The first-order chi connectivity index (χ1) is 16.4. The van der Waals surface area contributed by atoms with Crippen LogP contribution in [0.1, 0.15) is 89.9 Å². The number of carbonyl (C=O) groups excluding carboxylic acids is 3. The van der Waals surface area contributed by atoms with E-state index < -0.39 is 11.5 Å². The van der Waals surface area contributed by atoms with Crippen molar-refractivity contribution in [2.75, 3.05) is 13.2 Å². The van der Waals surface area contributed by atoms with Crippen LogP contribution in [0.4, 0.5) is 0 Å². The Kier molecular flexibility index (Phi) is 12.4. The van der Waals surface area contributed by atoms with Gasteiger partial charge in [0.25, 0.3) is 0 Å². The highest BCUT2D eigenvalue weighted by atomic mass is 16.5. The molecular formula is C27H44N2O5. The molecule has 0 heterocycles. The van der Waals surface area contributed by atoms with Crippen LogP contribution >= 0.6 is 0 Å². The molecule has 0 bridgehead atoms. The maximum atomic E-state index is 13.2. The van der Waals surface area contributed by atoms with E-state index in [-0.39, 0.29) is 49.9 Å². The number of hydrogen-bond donors (Lipinski definition) is 3. The van der Waals surface area contributed by atoms with Gasteiger partial charge >= 0.3 is 5.97 Å². The highest BCUT2D eigenvalue weighted by molar-refractivity contribution is 5.86. The number of allylic oxidation sites excluding steroid dienone is 2. The van der Waals surface area contributed by atoms with Crippen molar-refractivity contribution < 1.29 is 24.2 Å². The molecule has 0 aromatic heterocycles. The van der Waals surface area contributed by atoms with Crippen LogP contribution in [-0.2, 0) is 19.1 Å². The second-order valence-electron chi connectivity index (χ2n) is 10.1. The summed E-state index contributed by atoms with van der Waals surface area (Å²) in [5.74, 6) is -0.797. The number of amides is 2. The standard InChI is InChI=1S/C27H44N2O5/c1-3-5-14-25(32)34-19-23(17-21-12-7-6-8-13-21)28-26(33)22(11-4-2)18-24(31)29-27(20-30)15-9-10-16-27/h3-4,21-23,30H,1-2,5-20H2,(H,28,33)(H,29,31). The van der Waals surface area contributed by atoms with Crippen molar-refractivity contribution in [1.82, 2.24) is 10.6 Å². The van der Waals surface area contributed by atoms with Gasteiger partial charge in [0.1, 0.15) is 6.61 Å². The Morgan fingerprint density at radius 3 is 2.38 bits per heavy atom. The van der Waals surface area contributed by atoms with Gasteiger partial charge in [-0.3, -0.25) is 14.4 Å². The molecule has 2 atom stereocenters. The van der Waals surface area contributed by atoms with Gasteiger partial charge in [0.05, 0.1) is 24.1 Å². The van der Waals surface area contributed by atoms with E-state index >= 15 is 0 Å². The van der Waals surface area contributed by atoms with Crippen molar-refractivity contribution >= 4 is 17.8 Å². The Labute approximate surface area is 204 Å². The molecule has 2 saturated carbocycles. The minimum absolute atomic E-state index is 0.0366.